The largest absolute Gasteiger partial charge is 0.493 e. The minimum Gasteiger partial charge on any atom is -0.493 e. The maximum Gasteiger partial charge on any atom is 0.290 e. The number of ether oxygens (including phenoxy) is 4. The van der Waals surface area contributed by atoms with Crippen LogP contribution in [0.15, 0.2) is 57.7 Å². The van der Waals surface area contributed by atoms with Gasteiger partial charge in [0.2, 0.25) is 5.76 Å². The second-order valence-electron chi connectivity index (χ2n) is 10.5. The molecule has 0 bridgehead atoms. The predicted molar refractivity (Wildman–Crippen MR) is 161 cm³/mol. The number of nitrogens with zero attached hydrogens (tertiary/aromatic N) is 1. The molecule has 3 aromatic carbocycles. The lowest BCUT2D eigenvalue weighted by atomic mass is 9.96. The van der Waals surface area contributed by atoms with Gasteiger partial charge >= 0.3 is 0 Å². The number of amides is 1. The topological polar surface area (TPSA) is 87.4 Å². The van der Waals surface area contributed by atoms with E-state index in [1.54, 1.807) is 19.1 Å². The molecule has 5 rings (SSSR count). The molecule has 1 unspecified atom stereocenters. The van der Waals surface area contributed by atoms with Gasteiger partial charge in [-0.1, -0.05) is 25.1 Å². The Balaban J connectivity index is 1.63. The number of carbonyl (C=O) groups is 1. The van der Waals surface area contributed by atoms with Crippen molar-refractivity contribution in [2.75, 3.05) is 34.0 Å². The third kappa shape index (κ3) is 5.29. The normalized spacial score (nSPS) is 14.3. The van der Waals surface area contributed by atoms with Crippen LogP contribution in [0.25, 0.3) is 11.0 Å². The van der Waals surface area contributed by atoms with Crippen molar-refractivity contribution in [3.05, 3.63) is 92.3 Å². The molecule has 1 atom stereocenters. The van der Waals surface area contributed by atoms with E-state index in [4.69, 9.17) is 23.4 Å². The summed E-state index contributed by atoms with van der Waals surface area (Å²) in [6.07, 6.45) is 1.38. The predicted octanol–water partition coefficient (Wildman–Crippen LogP) is 6.40. The average Bonchev–Trinajstić information content (AvgIpc) is 3.27. The molecule has 2 heterocycles. The molecular weight excluding hydrogens is 534 g/mol. The summed E-state index contributed by atoms with van der Waals surface area (Å²) < 4.78 is 29.0. The highest BCUT2D eigenvalue weighted by molar-refractivity contribution is 5.99. The summed E-state index contributed by atoms with van der Waals surface area (Å²) in [4.78, 5) is 29.8. The van der Waals surface area contributed by atoms with Crippen molar-refractivity contribution in [1.82, 2.24) is 4.90 Å². The lowest BCUT2D eigenvalue weighted by molar-refractivity contribution is 0.0729. The highest BCUT2D eigenvalue weighted by Crippen LogP contribution is 2.41. The Hall–Kier alpha value is -4.46. The molecule has 0 N–H and O–H groups in total. The summed E-state index contributed by atoms with van der Waals surface area (Å²) in [6, 6.07) is 14.4. The number of carbonyl (C=O) groups excluding carboxylic acids is 1. The monoisotopic (exact) mass is 571 g/mol. The minimum atomic E-state index is -0.659. The lowest BCUT2D eigenvalue weighted by Crippen LogP contribution is -2.31. The fourth-order valence-electron chi connectivity index (χ4n) is 5.63. The summed E-state index contributed by atoms with van der Waals surface area (Å²) in [5.41, 5.74) is 4.06. The Morgan fingerprint density at radius 1 is 0.857 bits per heavy atom. The van der Waals surface area contributed by atoms with Gasteiger partial charge in [-0.05, 0) is 86.2 Å². The van der Waals surface area contributed by atoms with Crippen molar-refractivity contribution < 1.29 is 28.2 Å². The quantitative estimate of drug-likeness (QED) is 0.206. The molecule has 0 spiro atoms. The van der Waals surface area contributed by atoms with Gasteiger partial charge in [-0.3, -0.25) is 9.59 Å². The molecule has 0 fully saturated rings. The van der Waals surface area contributed by atoms with Crippen LogP contribution in [0.3, 0.4) is 0 Å². The van der Waals surface area contributed by atoms with Crippen LogP contribution in [0, 0.1) is 13.8 Å². The molecule has 1 aliphatic rings. The van der Waals surface area contributed by atoms with Gasteiger partial charge in [0.05, 0.1) is 44.4 Å². The molecular formula is C34H37NO7. The van der Waals surface area contributed by atoms with Gasteiger partial charge in [-0.15, -0.1) is 0 Å². The summed E-state index contributed by atoms with van der Waals surface area (Å²) in [5, 5.41) is 0.471. The molecule has 8 nitrogen and oxygen atoms in total. The van der Waals surface area contributed by atoms with Gasteiger partial charge in [-0.25, -0.2) is 0 Å². The Kier molecular flexibility index (Phi) is 8.43. The second-order valence-corrected chi connectivity index (χ2v) is 10.5. The van der Waals surface area contributed by atoms with E-state index < -0.39 is 6.04 Å². The van der Waals surface area contributed by atoms with Crippen molar-refractivity contribution in [2.24, 2.45) is 0 Å². The van der Waals surface area contributed by atoms with E-state index in [-0.39, 0.29) is 17.1 Å². The van der Waals surface area contributed by atoms with E-state index in [0.29, 0.717) is 65.7 Å². The van der Waals surface area contributed by atoms with Crippen molar-refractivity contribution in [3.63, 3.8) is 0 Å². The van der Waals surface area contributed by atoms with Crippen molar-refractivity contribution in [2.45, 2.75) is 46.6 Å². The molecule has 0 saturated carbocycles. The van der Waals surface area contributed by atoms with Gasteiger partial charge in [0, 0.05) is 6.54 Å². The number of hydrogen-bond donors (Lipinski definition) is 0. The summed E-state index contributed by atoms with van der Waals surface area (Å²) in [6.45, 7) is 9.12. The van der Waals surface area contributed by atoms with Crippen LogP contribution >= 0.6 is 0 Å². The van der Waals surface area contributed by atoms with Gasteiger partial charge in [0.25, 0.3) is 5.91 Å². The van der Waals surface area contributed by atoms with Crippen LogP contribution < -0.4 is 24.4 Å². The second kappa shape index (κ2) is 12.2. The maximum atomic E-state index is 14.1. The summed E-state index contributed by atoms with van der Waals surface area (Å²) >= 11 is 0. The minimum absolute atomic E-state index is 0.0843. The fraction of sp³-hybridized carbons (Fsp3) is 0.353. The molecule has 1 amide bonds. The van der Waals surface area contributed by atoms with Crippen molar-refractivity contribution in [1.29, 1.82) is 0 Å². The van der Waals surface area contributed by atoms with Crippen LogP contribution in [0.5, 0.6) is 23.0 Å². The maximum absolute atomic E-state index is 14.1. The number of methoxy groups -OCH3 is 2. The van der Waals surface area contributed by atoms with Gasteiger partial charge in [0.1, 0.15) is 5.58 Å². The Labute approximate surface area is 245 Å². The SMILES string of the molecule is CCCOc1ccc(C2c3c(oc4c(C)cc(C)cc4c3=O)C(=O)N2CCc2ccc(OC)c(OC)c2)cc1OCC. The molecule has 1 aliphatic heterocycles. The fourth-order valence-corrected chi connectivity index (χ4v) is 5.63. The van der Waals surface area contributed by atoms with E-state index in [1.165, 1.54) is 0 Å². The first-order valence-corrected chi connectivity index (χ1v) is 14.3. The zero-order valence-corrected chi connectivity index (χ0v) is 25.0. The molecule has 0 saturated heterocycles. The summed E-state index contributed by atoms with van der Waals surface area (Å²) in [7, 11) is 3.18. The average molecular weight is 572 g/mol. The first kappa shape index (κ1) is 29.0. The third-order valence-electron chi connectivity index (χ3n) is 7.53. The molecule has 4 aromatic rings. The number of aryl methyl sites for hydroxylation is 2. The lowest BCUT2D eigenvalue weighted by Gasteiger charge is -2.26. The molecule has 42 heavy (non-hydrogen) atoms. The van der Waals surface area contributed by atoms with Gasteiger partial charge in [-0.2, -0.15) is 0 Å². The van der Waals surface area contributed by atoms with E-state index in [0.717, 1.165) is 28.7 Å². The summed E-state index contributed by atoms with van der Waals surface area (Å²) in [5.74, 6) is 2.20. The smallest absolute Gasteiger partial charge is 0.290 e. The van der Waals surface area contributed by atoms with Crippen LogP contribution in [-0.4, -0.2) is 44.8 Å². The van der Waals surface area contributed by atoms with E-state index in [2.05, 4.69) is 0 Å². The molecule has 0 radical (unpaired) electrons. The van der Waals surface area contributed by atoms with Crippen LogP contribution in [0.2, 0.25) is 0 Å². The van der Waals surface area contributed by atoms with Crippen LogP contribution in [0.4, 0.5) is 0 Å². The van der Waals surface area contributed by atoms with Crippen molar-refractivity contribution in [3.8, 4) is 23.0 Å². The van der Waals surface area contributed by atoms with E-state index in [1.807, 2.05) is 76.2 Å². The molecule has 0 aliphatic carbocycles. The number of rotatable bonds is 11. The highest BCUT2D eigenvalue weighted by Gasteiger charge is 2.43. The number of fused-ring (bicyclic) bond motifs is 2. The Morgan fingerprint density at radius 2 is 1.62 bits per heavy atom. The van der Waals surface area contributed by atoms with Crippen LogP contribution in [-0.2, 0) is 6.42 Å². The molecule has 1 aromatic heterocycles. The molecule has 220 valence electrons. The molecule has 8 heteroatoms. The Morgan fingerprint density at radius 3 is 2.33 bits per heavy atom. The van der Waals surface area contributed by atoms with Crippen molar-refractivity contribution >= 4 is 16.9 Å². The number of benzene rings is 3. The van der Waals surface area contributed by atoms with Crippen LogP contribution in [0.1, 0.15) is 64.7 Å². The zero-order valence-electron chi connectivity index (χ0n) is 25.0. The Bertz CT molecular complexity index is 1690. The van der Waals surface area contributed by atoms with Gasteiger partial charge in [0.15, 0.2) is 28.4 Å². The van der Waals surface area contributed by atoms with E-state index >= 15 is 0 Å². The first-order chi connectivity index (χ1) is 20.3. The zero-order chi connectivity index (χ0) is 30.0. The van der Waals surface area contributed by atoms with E-state index in [9.17, 15) is 9.59 Å². The first-order valence-electron chi connectivity index (χ1n) is 14.3. The highest BCUT2D eigenvalue weighted by atomic mass is 16.5. The van der Waals surface area contributed by atoms with Gasteiger partial charge < -0.3 is 28.3 Å². The third-order valence-corrected chi connectivity index (χ3v) is 7.53. The number of hydrogen-bond acceptors (Lipinski definition) is 7. The standard InChI is InChI=1S/C34H37NO7/c1-7-15-41-26-12-10-23(19-28(26)40-8-2)30-29-31(36)24-17-20(3)16-21(4)32(24)42-33(29)34(37)35(30)14-13-22-9-11-25(38-5)27(18-22)39-6/h9-12,16-19,30H,7-8,13-15H2,1-6H3.